The molecule has 2 heterocycles. The molecule has 1 atom stereocenters. The van der Waals surface area contributed by atoms with Gasteiger partial charge in [0.2, 0.25) is 0 Å². The maximum Gasteiger partial charge on any atom is 0.256 e. The van der Waals surface area contributed by atoms with Gasteiger partial charge >= 0.3 is 0 Å². The van der Waals surface area contributed by atoms with Crippen LogP contribution in [0.2, 0.25) is 0 Å². The van der Waals surface area contributed by atoms with Crippen molar-refractivity contribution < 1.29 is 9.32 Å². The lowest BCUT2D eigenvalue weighted by Gasteiger charge is -2.21. The van der Waals surface area contributed by atoms with Crippen LogP contribution in [0.5, 0.6) is 0 Å². The first kappa shape index (κ1) is 14.3. The molecular weight excluding hydrogens is 286 g/mol. The minimum absolute atomic E-state index is 0.106. The molecule has 21 heavy (non-hydrogen) atoms. The minimum Gasteiger partial charge on any atom is -0.361 e. The van der Waals surface area contributed by atoms with Crippen LogP contribution in [0.15, 0.2) is 4.52 Å². The number of aryl methyl sites for hydroxylation is 4. The van der Waals surface area contributed by atoms with E-state index in [-0.39, 0.29) is 5.91 Å². The molecule has 2 aromatic heterocycles. The van der Waals surface area contributed by atoms with Gasteiger partial charge in [0.05, 0.1) is 16.4 Å². The zero-order valence-corrected chi connectivity index (χ0v) is 13.3. The summed E-state index contributed by atoms with van der Waals surface area (Å²) >= 11 is 1.78. The molecule has 1 amide bonds. The van der Waals surface area contributed by atoms with Gasteiger partial charge in [-0.2, -0.15) is 0 Å². The lowest BCUT2D eigenvalue weighted by Crippen LogP contribution is -2.30. The van der Waals surface area contributed by atoms with Crippen molar-refractivity contribution >= 4 is 17.2 Å². The molecule has 3 rings (SSSR count). The highest BCUT2D eigenvalue weighted by atomic mass is 32.1. The summed E-state index contributed by atoms with van der Waals surface area (Å²) in [6, 6.07) is 0. The second-order valence-corrected chi connectivity index (χ2v) is 6.83. The van der Waals surface area contributed by atoms with Crippen molar-refractivity contribution in [2.75, 3.05) is 6.54 Å². The number of carbonyl (C=O) groups excluding carboxylic acids is 1. The first-order chi connectivity index (χ1) is 10.1. The average Bonchev–Trinajstić information content (AvgIpc) is 2.98. The molecule has 1 N–H and O–H groups in total. The normalized spacial score (nSPS) is 17.6. The lowest BCUT2D eigenvalue weighted by molar-refractivity contribution is 0.0948. The summed E-state index contributed by atoms with van der Waals surface area (Å²) in [7, 11) is 0. The molecule has 0 saturated carbocycles. The number of amides is 1. The third kappa shape index (κ3) is 2.72. The summed E-state index contributed by atoms with van der Waals surface area (Å²) in [6.07, 6.45) is 3.37. The van der Waals surface area contributed by atoms with Gasteiger partial charge in [0.25, 0.3) is 5.91 Å². The summed E-state index contributed by atoms with van der Waals surface area (Å²) in [5, 5.41) is 7.95. The number of fused-ring (bicyclic) bond motifs is 1. The summed E-state index contributed by atoms with van der Waals surface area (Å²) in [5.41, 5.74) is 2.38. The Morgan fingerprint density at radius 2 is 2.24 bits per heavy atom. The molecule has 0 unspecified atom stereocenters. The molecule has 1 aliphatic rings. The number of hydrogen-bond donors (Lipinski definition) is 1. The van der Waals surface area contributed by atoms with Crippen LogP contribution in [0.25, 0.3) is 0 Å². The van der Waals surface area contributed by atoms with Crippen molar-refractivity contribution in [3.8, 4) is 0 Å². The van der Waals surface area contributed by atoms with Crippen LogP contribution in [0, 0.1) is 20.8 Å². The fourth-order valence-corrected chi connectivity index (χ4v) is 4.00. The third-order valence-electron chi connectivity index (χ3n) is 3.95. The van der Waals surface area contributed by atoms with Gasteiger partial charge in [-0.3, -0.25) is 4.79 Å². The van der Waals surface area contributed by atoms with Gasteiger partial charge < -0.3 is 9.84 Å². The monoisotopic (exact) mass is 305 g/mol. The summed E-state index contributed by atoms with van der Waals surface area (Å²) in [6.45, 7) is 6.22. The first-order valence-electron chi connectivity index (χ1n) is 7.23. The number of rotatable bonds is 3. The molecule has 0 bridgehead atoms. The Labute approximate surface area is 127 Å². The Hall–Kier alpha value is -1.69. The largest absolute Gasteiger partial charge is 0.361 e. The average molecular weight is 305 g/mol. The van der Waals surface area contributed by atoms with Gasteiger partial charge in [0.1, 0.15) is 11.3 Å². The Morgan fingerprint density at radius 3 is 2.95 bits per heavy atom. The molecule has 6 heteroatoms. The first-order valence-corrected chi connectivity index (χ1v) is 8.05. The number of carbonyl (C=O) groups is 1. The fourth-order valence-electron chi connectivity index (χ4n) is 2.94. The van der Waals surface area contributed by atoms with E-state index in [2.05, 4.69) is 15.5 Å². The van der Waals surface area contributed by atoms with Crippen molar-refractivity contribution in [1.29, 1.82) is 0 Å². The molecule has 0 saturated heterocycles. The standard InChI is InChI=1S/C15H19N3O2S/c1-8-13(9(2)20-18-8)15(19)16-7-11-5-4-6-12-14(11)17-10(3)21-12/h11H,4-7H2,1-3H3,(H,16,19)/t11-/m0/s1. The van der Waals surface area contributed by atoms with Crippen molar-refractivity contribution in [2.45, 2.75) is 46.0 Å². The Morgan fingerprint density at radius 1 is 1.43 bits per heavy atom. The van der Waals surface area contributed by atoms with Gasteiger partial charge in [0, 0.05) is 17.3 Å². The van der Waals surface area contributed by atoms with Crippen LogP contribution < -0.4 is 5.32 Å². The van der Waals surface area contributed by atoms with Gasteiger partial charge in [-0.1, -0.05) is 5.16 Å². The van der Waals surface area contributed by atoms with E-state index in [4.69, 9.17) is 4.52 Å². The van der Waals surface area contributed by atoms with Gasteiger partial charge in [0.15, 0.2) is 0 Å². The van der Waals surface area contributed by atoms with E-state index in [9.17, 15) is 4.79 Å². The quantitative estimate of drug-likeness (QED) is 0.946. The third-order valence-corrected chi connectivity index (χ3v) is 4.99. The predicted octanol–water partition coefficient (Wildman–Crippen LogP) is 2.91. The number of nitrogens with one attached hydrogen (secondary N) is 1. The SMILES string of the molecule is Cc1nc2c(s1)CCC[C@H]2CNC(=O)c1c(C)noc1C. The lowest BCUT2D eigenvalue weighted by atomic mass is 9.91. The molecular formula is C15H19N3O2S. The van der Waals surface area contributed by atoms with E-state index in [0.717, 1.165) is 17.8 Å². The van der Waals surface area contributed by atoms with E-state index in [1.807, 2.05) is 6.92 Å². The summed E-state index contributed by atoms with van der Waals surface area (Å²) in [5.74, 6) is 0.785. The van der Waals surface area contributed by atoms with E-state index in [0.29, 0.717) is 29.5 Å². The zero-order valence-electron chi connectivity index (χ0n) is 12.5. The molecule has 1 aliphatic carbocycles. The van der Waals surface area contributed by atoms with E-state index in [1.54, 1.807) is 25.2 Å². The van der Waals surface area contributed by atoms with E-state index < -0.39 is 0 Å². The van der Waals surface area contributed by atoms with Gasteiger partial charge in [-0.05, 0) is 40.0 Å². The Kier molecular flexibility index (Phi) is 3.80. The minimum atomic E-state index is -0.106. The van der Waals surface area contributed by atoms with Crippen LogP contribution in [-0.2, 0) is 6.42 Å². The van der Waals surface area contributed by atoms with Crippen LogP contribution >= 0.6 is 11.3 Å². The molecule has 0 aromatic carbocycles. The van der Waals surface area contributed by atoms with Crippen LogP contribution in [0.3, 0.4) is 0 Å². The molecule has 0 aliphatic heterocycles. The van der Waals surface area contributed by atoms with Crippen molar-refractivity contribution in [2.24, 2.45) is 0 Å². The summed E-state index contributed by atoms with van der Waals surface area (Å²) < 4.78 is 5.05. The zero-order chi connectivity index (χ0) is 15.0. The maximum absolute atomic E-state index is 12.3. The highest BCUT2D eigenvalue weighted by Crippen LogP contribution is 2.34. The van der Waals surface area contributed by atoms with Crippen LogP contribution in [0.1, 0.15) is 56.2 Å². The number of aromatic nitrogens is 2. The Balaban J connectivity index is 1.70. The highest BCUT2D eigenvalue weighted by Gasteiger charge is 2.25. The fraction of sp³-hybridized carbons (Fsp3) is 0.533. The van der Waals surface area contributed by atoms with Crippen LogP contribution in [-0.4, -0.2) is 22.6 Å². The smallest absolute Gasteiger partial charge is 0.256 e. The molecule has 0 fully saturated rings. The molecule has 5 nitrogen and oxygen atoms in total. The molecule has 112 valence electrons. The highest BCUT2D eigenvalue weighted by molar-refractivity contribution is 7.11. The van der Waals surface area contributed by atoms with Crippen molar-refractivity contribution in [3.05, 3.63) is 32.6 Å². The summed E-state index contributed by atoms with van der Waals surface area (Å²) in [4.78, 5) is 18.3. The van der Waals surface area contributed by atoms with Gasteiger partial charge in [-0.15, -0.1) is 11.3 Å². The Bertz CT molecular complexity index is 655. The van der Waals surface area contributed by atoms with E-state index in [1.165, 1.54) is 17.0 Å². The van der Waals surface area contributed by atoms with Gasteiger partial charge in [-0.25, -0.2) is 4.98 Å². The molecule has 0 spiro atoms. The number of thiazole rings is 1. The molecule has 0 radical (unpaired) electrons. The number of nitrogens with zero attached hydrogens (tertiary/aromatic N) is 2. The van der Waals surface area contributed by atoms with E-state index >= 15 is 0 Å². The van der Waals surface area contributed by atoms with Crippen molar-refractivity contribution in [1.82, 2.24) is 15.5 Å². The van der Waals surface area contributed by atoms with Crippen molar-refractivity contribution in [3.63, 3.8) is 0 Å². The molecule has 2 aromatic rings. The predicted molar refractivity (Wildman–Crippen MR) is 80.8 cm³/mol. The maximum atomic E-state index is 12.3. The topological polar surface area (TPSA) is 68.0 Å². The second-order valence-electron chi connectivity index (χ2n) is 5.54. The van der Waals surface area contributed by atoms with Crippen LogP contribution in [0.4, 0.5) is 0 Å². The second kappa shape index (κ2) is 5.60. The number of hydrogen-bond acceptors (Lipinski definition) is 5.